The Labute approximate surface area is 156 Å². The Hall–Kier alpha value is -1.92. The molecule has 2 N–H and O–H groups in total. The van der Waals surface area contributed by atoms with Crippen molar-refractivity contribution < 1.29 is 9.59 Å². The quantitative estimate of drug-likeness (QED) is 0.616. The van der Waals surface area contributed by atoms with Crippen molar-refractivity contribution in [3.63, 3.8) is 0 Å². The SMILES string of the molecule is Cc1ccc(SCCNC(=O)c2ccc3c(c2)NC(=O)[C@@H](C)S3)cc1. The van der Waals surface area contributed by atoms with Crippen LogP contribution in [0.25, 0.3) is 0 Å². The molecule has 1 heterocycles. The highest BCUT2D eigenvalue weighted by molar-refractivity contribution is 8.01. The highest BCUT2D eigenvalue weighted by Crippen LogP contribution is 2.35. The van der Waals surface area contributed by atoms with Crippen LogP contribution in [-0.2, 0) is 4.79 Å². The molecule has 25 heavy (non-hydrogen) atoms. The van der Waals surface area contributed by atoms with Gasteiger partial charge in [0.15, 0.2) is 0 Å². The summed E-state index contributed by atoms with van der Waals surface area (Å²) in [5.74, 6) is 0.666. The van der Waals surface area contributed by atoms with Crippen LogP contribution < -0.4 is 10.6 Å². The fourth-order valence-corrected chi connectivity index (χ4v) is 4.12. The third-order valence-electron chi connectivity index (χ3n) is 3.85. The highest BCUT2D eigenvalue weighted by Gasteiger charge is 2.23. The average molecular weight is 373 g/mol. The predicted molar refractivity (Wildman–Crippen MR) is 105 cm³/mol. The number of rotatable bonds is 5. The number of benzene rings is 2. The summed E-state index contributed by atoms with van der Waals surface area (Å²) in [5, 5.41) is 5.68. The van der Waals surface area contributed by atoms with Crippen molar-refractivity contribution in [2.24, 2.45) is 0 Å². The second-order valence-electron chi connectivity index (χ2n) is 5.88. The summed E-state index contributed by atoms with van der Waals surface area (Å²) in [6.07, 6.45) is 0. The predicted octanol–water partition coefficient (Wildman–Crippen LogP) is 3.95. The summed E-state index contributed by atoms with van der Waals surface area (Å²) < 4.78 is 0. The lowest BCUT2D eigenvalue weighted by atomic mass is 10.1. The van der Waals surface area contributed by atoms with Gasteiger partial charge in [-0.1, -0.05) is 17.7 Å². The van der Waals surface area contributed by atoms with Gasteiger partial charge in [0.05, 0.1) is 10.9 Å². The normalized spacial score (nSPS) is 16.1. The number of carbonyl (C=O) groups excluding carboxylic acids is 2. The van der Waals surface area contributed by atoms with Crippen LogP contribution in [0.1, 0.15) is 22.8 Å². The molecule has 2 aromatic rings. The summed E-state index contributed by atoms with van der Waals surface area (Å²) in [6, 6.07) is 13.8. The van der Waals surface area contributed by atoms with E-state index in [9.17, 15) is 9.59 Å². The van der Waals surface area contributed by atoms with E-state index in [1.807, 2.05) is 13.0 Å². The number of fused-ring (bicyclic) bond motifs is 1. The fraction of sp³-hybridized carbons (Fsp3) is 0.263. The first-order valence-corrected chi connectivity index (χ1v) is 9.99. The van der Waals surface area contributed by atoms with Gasteiger partial charge in [0, 0.05) is 27.7 Å². The molecule has 1 aliphatic heterocycles. The molecular weight excluding hydrogens is 352 g/mol. The lowest BCUT2D eigenvalue weighted by Gasteiger charge is -2.21. The molecule has 0 unspecified atom stereocenters. The first-order valence-electron chi connectivity index (χ1n) is 8.12. The first kappa shape index (κ1) is 17.9. The molecule has 6 heteroatoms. The number of anilines is 1. The highest BCUT2D eigenvalue weighted by atomic mass is 32.2. The van der Waals surface area contributed by atoms with Crippen molar-refractivity contribution in [1.29, 1.82) is 0 Å². The molecule has 0 radical (unpaired) electrons. The van der Waals surface area contributed by atoms with Gasteiger partial charge in [0.25, 0.3) is 5.91 Å². The lowest BCUT2D eigenvalue weighted by Crippen LogP contribution is -2.28. The number of nitrogens with one attached hydrogen (secondary N) is 2. The standard InChI is InChI=1S/C19H20N2O2S2/c1-12-3-6-15(7-4-12)24-10-9-20-19(23)14-5-8-17-16(11-14)21-18(22)13(2)25-17/h3-8,11,13H,9-10H2,1-2H3,(H,20,23)(H,21,22)/t13-/m1/s1. The molecule has 0 saturated carbocycles. The van der Waals surface area contributed by atoms with Crippen molar-refractivity contribution in [2.75, 3.05) is 17.6 Å². The minimum atomic E-state index is -0.120. The van der Waals surface area contributed by atoms with Crippen LogP contribution in [-0.4, -0.2) is 29.4 Å². The van der Waals surface area contributed by atoms with E-state index in [-0.39, 0.29) is 17.1 Å². The second kappa shape index (κ2) is 7.97. The number of thioether (sulfide) groups is 2. The average Bonchev–Trinajstić information content (AvgIpc) is 2.60. The summed E-state index contributed by atoms with van der Waals surface area (Å²) in [6.45, 7) is 4.52. The van der Waals surface area contributed by atoms with E-state index in [2.05, 4.69) is 41.8 Å². The topological polar surface area (TPSA) is 58.2 Å². The molecule has 0 bridgehead atoms. The van der Waals surface area contributed by atoms with Crippen molar-refractivity contribution in [3.05, 3.63) is 53.6 Å². The van der Waals surface area contributed by atoms with E-state index in [0.29, 0.717) is 12.1 Å². The van der Waals surface area contributed by atoms with Crippen LogP contribution in [0.2, 0.25) is 0 Å². The summed E-state index contributed by atoms with van der Waals surface area (Å²) in [5.41, 5.74) is 2.52. The van der Waals surface area contributed by atoms with E-state index in [4.69, 9.17) is 0 Å². The molecule has 0 aliphatic carbocycles. The lowest BCUT2D eigenvalue weighted by molar-refractivity contribution is -0.115. The number of aryl methyl sites for hydroxylation is 1. The maximum Gasteiger partial charge on any atom is 0.251 e. The zero-order valence-corrected chi connectivity index (χ0v) is 15.8. The van der Waals surface area contributed by atoms with Gasteiger partial charge in [-0.2, -0.15) is 0 Å². The van der Waals surface area contributed by atoms with Crippen LogP contribution in [0.15, 0.2) is 52.3 Å². The Morgan fingerprint density at radius 1 is 1.24 bits per heavy atom. The first-order chi connectivity index (χ1) is 12.0. The van der Waals surface area contributed by atoms with Crippen molar-refractivity contribution in [1.82, 2.24) is 5.32 Å². The van der Waals surface area contributed by atoms with E-state index in [0.717, 1.165) is 16.3 Å². The Bertz CT molecular complexity index is 791. The number of hydrogen-bond donors (Lipinski definition) is 2. The Kier molecular flexibility index (Phi) is 5.71. The van der Waals surface area contributed by atoms with Crippen molar-refractivity contribution >= 4 is 41.0 Å². The molecule has 1 aliphatic rings. The Morgan fingerprint density at radius 3 is 2.76 bits per heavy atom. The maximum atomic E-state index is 12.3. The second-order valence-corrected chi connectivity index (χ2v) is 8.43. The molecule has 0 saturated heterocycles. The van der Waals surface area contributed by atoms with E-state index in [1.165, 1.54) is 22.2 Å². The summed E-state index contributed by atoms with van der Waals surface area (Å²) in [4.78, 5) is 26.3. The third-order valence-corrected chi connectivity index (χ3v) is 6.04. The largest absolute Gasteiger partial charge is 0.351 e. The van der Waals surface area contributed by atoms with Crippen molar-refractivity contribution in [2.45, 2.75) is 28.9 Å². The minimum absolute atomic E-state index is 0.0236. The van der Waals surface area contributed by atoms with Gasteiger partial charge in [0.2, 0.25) is 5.91 Å². The van der Waals surface area contributed by atoms with E-state index >= 15 is 0 Å². The van der Waals surface area contributed by atoms with E-state index < -0.39 is 0 Å². The Morgan fingerprint density at radius 2 is 2.00 bits per heavy atom. The summed E-state index contributed by atoms with van der Waals surface area (Å²) >= 11 is 3.23. The van der Waals surface area contributed by atoms with Gasteiger partial charge in [-0.25, -0.2) is 0 Å². The fourth-order valence-electron chi connectivity index (χ4n) is 2.42. The van der Waals surface area contributed by atoms with Gasteiger partial charge in [-0.3, -0.25) is 9.59 Å². The van der Waals surface area contributed by atoms with Gasteiger partial charge < -0.3 is 10.6 Å². The van der Waals surface area contributed by atoms with Gasteiger partial charge in [-0.05, 0) is 44.2 Å². The van der Waals surface area contributed by atoms with Gasteiger partial charge in [-0.15, -0.1) is 23.5 Å². The van der Waals surface area contributed by atoms with Crippen LogP contribution >= 0.6 is 23.5 Å². The van der Waals surface area contributed by atoms with Crippen LogP contribution in [0.3, 0.4) is 0 Å². The molecule has 0 aromatic heterocycles. The molecule has 0 fully saturated rings. The molecule has 3 rings (SSSR count). The molecule has 2 aromatic carbocycles. The number of hydrogen-bond acceptors (Lipinski definition) is 4. The molecule has 1 atom stereocenters. The van der Waals surface area contributed by atoms with E-state index in [1.54, 1.807) is 23.9 Å². The van der Waals surface area contributed by atoms with Crippen LogP contribution in [0.5, 0.6) is 0 Å². The van der Waals surface area contributed by atoms with Crippen molar-refractivity contribution in [3.8, 4) is 0 Å². The molecule has 4 nitrogen and oxygen atoms in total. The molecular formula is C19H20N2O2S2. The van der Waals surface area contributed by atoms with Gasteiger partial charge in [0.1, 0.15) is 0 Å². The van der Waals surface area contributed by atoms with Gasteiger partial charge >= 0.3 is 0 Å². The zero-order valence-electron chi connectivity index (χ0n) is 14.2. The zero-order chi connectivity index (χ0) is 17.8. The maximum absolute atomic E-state index is 12.3. The smallest absolute Gasteiger partial charge is 0.251 e. The number of amides is 2. The summed E-state index contributed by atoms with van der Waals surface area (Å²) in [7, 11) is 0. The number of carbonyl (C=O) groups is 2. The molecule has 2 amide bonds. The molecule has 0 spiro atoms. The Balaban J connectivity index is 1.52. The van der Waals surface area contributed by atoms with Crippen LogP contribution in [0.4, 0.5) is 5.69 Å². The molecule has 130 valence electrons. The minimum Gasteiger partial charge on any atom is -0.351 e. The van der Waals surface area contributed by atoms with Crippen LogP contribution in [0, 0.1) is 6.92 Å². The monoisotopic (exact) mass is 372 g/mol. The third kappa shape index (κ3) is 4.58.